The van der Waals surface area contributed by atoms with Gasteiger partial charge in [0.15, 0.2) is 0 Å². The largest absolute Gasteiger partial charge is 0.311 e. The monoisotopic (exact) mass is 392 g/mol. The van der Waals surface area contributed by atoms with Crippen LogP contribution in [0.25, 0.3) is 0 Å². The molecular weight excluding hydrogens is 372 g/mol. The van der Waals surface area contributed by atoms with Crippen LogP contribution in [0.2, 0.25) is 5.02 Å². The van der Waals surface area contributed by atoms with Gasteiger partial charge in [-0.2, -0.15) is 0 Å². The molecule has 2 aromatic rings. The van der Waals surface area contributed by atoms with Crippen molar-refractivity contribution < 1.29 is 13.2 Å². The highest BCUT2D eigenvalue weighted by molar-refractivity contribution is 7.89. The van der Waals surface area contributed by atoms with Crippen molar-refractivity contribution in [3.8, 4) is 0 Å². The Kier molecular flexibility index (Phi) is 5.10. The van der Waals surface area contributed by atoms with Gasteiger partial charge < -0.3 is 4.90 Å². The lowest BCUT2D eigenvalue weighted by molar-refractivity contribution is -0.117. The molecule has 1 fully saturated rings. The Morgan fingerprint density at radius 2 is 1.65 bits per heavy atom. The minimum Gasteiger partial charge on any atom is -0.311 e. The molecular formula is C19H21ClN2O3S. The summed E-state index contributed by atoms with van der Waals surface area (Å²) in [6.07, 6.45) is 0.131. The molecule has 26 heavy (non-hydrogen) atoms. The van der Waals surface area contributed by atoms with Gasteiger partial charge in [0.2, 0.25) is 15.9 Å². The number of halogens is 1. The Bertz CT molecular complexity index is 932. The Morgan fingerprint density at radius 3 is 2.23 bits per heavy atom. The number of nitrogens with one attached hydrogen (secondary N) is 1. The summed E-state index contributed by atoms with van der Waals surface area (Å²) in [5.74, 6) is -0.114. The zero-order valence-corrected chi connectivity index (χ0v) is 16.5. The lowest BCUT2D eigenvalue weighted by Gasteiger charge is -2.18. The summed E-state index contributed by atoms with van der Waals surface area (Å²) >= 11 is 5.88. The maximum Gasteiger partial charge on any atom is 0.241 e. The van der Waals surface area contributed by atoms with Crippen LogP contribution in [-0.4, -0.2) is 26.9 Å². The molecule has 0 unspecified atom stereocenters. The summed E-state index contributed by atoms with van der Waals surface area (Å²) < 4.78 is 28.5. The minimum absolute atomic E-state index is 0.114. The second-order valence-corrected chi connectivity index (χ2v) is 8.82. The third kappa shape index (κ3) is 3.77. The third-order valence-corrected chi connectivity index (χ3v) is 6.54. The van der Waals surface area contributed by atoms with Crippen molar-refractivity contribution in [3.05, 3.63) is 58.1 Å². The SMILES string of the molecule is Cc1cc(C)c(S(=O)(=O)N[C@H]2CC(=O)N(c3ccc(Cl)cc3)C2)c(C)c1. The highest BCUT2D eigenvalue weighted by Crippen LogP contribution is 2.26. The number of sulfonamides is 1. The van der Waals surface area contributed by atoms with E-state index in [2.05, 4.69) is 4.72 Å². The van der Waals surface area contributed by atoms with Crippen molar-refractivity contribution in [1.82, 2.24) is 4.72 Å². The smallest absolute Gasteiger partial charge is 0.241 e. The number of hydrogen-bond donors (Lipinski definition) is 1. The van der Waals surface area contributed by atoms with Gasteiger partial charge in [-0.25, -0.2) is 13.1 Å². The van der Waals surface area contributed by atoms with Gasteiger partial charge in [0, 0.05) is 29.7 Å². The van der Waals surface area contributed by atoms with Gasteiger partial charge in [-0.3, -0.25) is 4.79 Å². The van der Waals surface area contributed by atoms with E-state index in [1.54, 1.807) is 43.0 Å². The zero-order valence-electron chi connectivity index (χ0n) is 14.9. The predicted octanol–water partition coefficient (Wildman–Crippen LogP) is 3.35. The topological polar surface area (TPSA) is 66.5 Å². The standard InChI is InChI=1S/C19H21ClN2O3S/c1-12-8-13(2)19(14(3)9-12)26(24,25)21-16-10-18(23)22(11-16)17-6-4-15(20)5-7-17/h4-9,16,21H,10-11H2,1-3H3/t16-/m0/s1. The minimum atomic E-state index is -3.71. The van der Waals surface area contributed by atoms with E-state index in [1.807, 2.05) is 19.1 Å². The number of rotatable bonds is 4. The number of aryl methyl sites for hydroxylation is 3. The van der Waals surface area contributed by atoms with Gasteiger partial charge in [0.25, 0.3) is 0 Å². The van der Waals surface area contributed by atoms with Crippen molar-refractivity contribution >= 4 is 33.2 Å². The molecule has 1 heterocycles. The summed E-state index contributed by atoms with van der Waals surface area (Å²) in [7, 11) is -3.71. The van der Waals surface area contributed by atoms with Crippen molar-refractivity contribution in [1.29, 1.82) is 0 Å². The molecule has 1 aliphatic heterocycles. The molecule has 138 valence electrons. The first kappa shape index (κ1) is 18.9. The van der Waals surface area contributed by atoms with Gasteiger partial charge in [-0.15, -0.1) is 0 Å². The fourth-order valence-electron chi connectivity index (χ4n) is 3.53. The average Bonchev–Trinajstić information content (AvgIpc) is 2.86. The molecule has 7 heteroatoms. The molecule has 1 amide bonds. The van der Waals surface area contributed by atoms with Gasteiger partial charge >= 0.3 is 0 Å². The summed E-state index contributed by atoms with van der Waals surface area (Å²) in [5, 5.41) is 0.586. The van der Waals surface area contributed by atoms with Gasteiger partial charge in [-0.1, -0.05) is 29.3 Å². The number of carbonyl (C=O) groups excluding carboxylic acids is 1. The highest BCUT2D eigenvalue weighted by atomic mass is 35.5. The molecule has 0 radical (unpaired) electrons. The van der Waals surface area contributed by atoms with Crippen LogP contribution in [0.5, 0.6) is 0 Å². The second-order valence-electron chi connectivity index (χ2n) is 6.73. The molecule has 0 saturated carbocycles. The number of benzene rings is 2. The van der Waals surface area contributed by atoms with E-state index in [0.29, 0.717) is 33.3 Å². The first-order valence-corrected chi connectivity index (χ1v) is 10.2. The Hall–Kier alpha value is -1.89. The molecule has 1 aliphatic rings. The Labute approximate surface area is 159 Å². The van der Waals surface area contributed by atoms with Crippen LogP contribution in [0.1, 0.15) is 23.1 Å². The number of nitrogens with zero attached hydrogens (tertiary/aromatic N) is 1. The maximum atomic E-state index is 12.9. The quantitative estimate of drug-likeness (QED) is 0.867. The molecule has 0 bridgehead atoms. The molecule has 0 spiro atoms. The molecule has 5 nitrogen and oxygen atoms in total. The predicted molar refractivity (Wildman–Crippen MR) is 103 cm³/mol. The molecule has 0 aromatic heterocycles. The van der Waals surface area contributed by atoms with E-state index >= 15 is 0 Å². The van der Waals surface area contributed by atoms with Crippen molar-refractivity contribution in [2.75, 3.05) is 11.4 Å². The van der Waals surface area contributed by atoms with Crippen molar-refractivity contribution in [2.45, 2.75) is 38.1 Å². The number of amides is 1. The molecule has 3 rings (SSSR count). The molecule has 2 aromatic carbocycles. The first-order chi connectivity index (χ1) is 12.2. The zero-order chi connectivity index (χ0) is 19.1. The second kappa shape index (κ2) is 7.02. The summed E-state index contributed by atoms with van der Waals surface area (Å²) in [6.45, 7) is 5.80. The van der Waals surface area contributed by atoms with E-state index in [4.69, 9.17) is 11.6 Å². The molecule has 0 aliphatic carbocycles. The Balaban J connectivity index is 1.81. The average molecular weight is 393 g/mol. The molecule has 1 saturated heterocycles. The van der Waals surface area contributed by atoms with Gasteiger partial charge in [0.05, 0.1) is 4.90 Å². The lowest BCUT2D eigenvalue weighted by atomic mass is 10.1. The van der Waals surface area contributed by atoms with E-state index in [-0.39, 0.29) is 12.3 Å². The number of anilines is 1. The maximum absolute atomic E-state index is 12.9. The van der Waals surface area contributed by atoms with Crippen LogP contribution in [0.4, 0.5) is 5.69 Å². The Morgan fingerprint density at radius 1 is 1.08 bits per heavy atom. The summed E-state index contributed by atoms with van der Waals surface area (Å²) in [6, 6.07) is 10.2. The van der Waals surface area contributed by atoms with Crippen molar-refractivity contribution in [2.24, 2.45) is 0 Å². The summed E-state index contributed by atoms with van der Waals surface area (Å²) in [5.41, 5.74) is 3.13. The third-order valence-electron chi connectivity index (χ3n) is 4.46. The van der Waals surface area contributed by atoms with Crippen LogP contribution in [-0.2, 0) is 14.8 Å². The molecule has 1 N–H and O–H groups in total. The van der Waals surface area contributed by atoms with Crippen LogP contribution >= 0.6 is 11.6 Å². The first-order valence-electron chi connectivity index (χ1n) is 8.33. The van der Waals surface area contributed by atoms with E-state index < -0.39 is 16.1 Å². The highest BCUT2D eigenvalue weighted by Gasteiger charge is 2.34. The van der Waals surface area contributed by atoms with E-state index in [0.717, 1.165) is 5.56 Å². The lowest BCUT2D eigenvalue weighted by Crippen LogP contribution is -2.37. The van der Waals surface area contributed by atoms with E-state index in [9.17, 15) is 13.2 Å². The van der Waals surface area contributed by atoms with Crippen molar-refractivity contribution in [3.63, 3.8) is 0 Å². The van der Waals surface area contributed by atoms with Crippen LogP contribution in [0.15, 0.2) is 41.3 Å². The fraction of sp³-hybridized carbons (Fsp3) is 0.316. The number of carbonyl (C=O) groups is 1. The van der Waals surface area contributed by atoms with Gasteiger partial charge in [-0.05, 0) is 56.2 Å². The van der Waals surface area contributed by atoms with Crippen LogP contribution < -0.4 is 9.62 Å². The number of hydrogen-bond acceptors (Lipinski definition) is 3. The fourth-order valence-corrected chi connectivity index (χ4v) is 5.33. The van der Waals surface area contributed by atoms with Crippen LogP contribution in [0, 0.1) is 20.8 Å². The normalized spacial score (nSPS) is 17.8. The van der Waals surface area contributed by atoms with Crippen LogP contribution in [0.3, 0.4) is 0 Å². The molecule has 1 atom stereocenters. The summed E-state index contributed by atoms with van der Waals surface area (Å²) in [4.78, 5) is 14.2. The van der Waals surface area contributed by atoms with E-state index in [1.165, 1.54) is 0 Å². The van der Waals surface area contributed by atoms with Gasteiger partial charge in [0.1, 0.15) is 0 Å².